The number of thioether (sulfide) groups is 1. The fourth-order valence-electron chi connectivity index (χ4n) is 2.07. The highest BCUT2D eigenvalue weighted by Crippen LogP contribution is 2.27. The van der Waals surface area contributed by atoms with Crippen LogP contribution in [-0.4, -0.2) is 34.4 Å². The second-order valence-electron chi connectivity index (χ2n) is 4.53. The minimum Gasteiger partial charge on any atom is -0.294 e. The number of hydrogen-bond acceptors (Lipinski definition) is 5. The highest BCUT2D eigenvalue weighted by Gasteiger charge is 2.25. The predicted molar refractivity (Wildman–Crippen MR) is 77.8 cm³/mol. The molecule has 4 nitrogen and oxygen atoms in total. The zero-order valence-corrected chi connectivity index (χ0v) is 12.3. The summed E-state index contributed by atoms with van der Waals surface area (Å²) in [6, 6.07) is 4.45. The van der Waals surface area contributed by atoms with E-state index in [1.54, 1.807) is 0 Å². The van der Waals surface area contributed by atoms with Gasteiger partial charge in [0.05, 0.1) is 4.88 Å². The van der Waals surface area contributed by atoms with E-state index in [1.165, 1.54) is 22.0 Å². The van der Waals surface area contributed by atoms with Gasteiger partial charge in [-0.3, -0.25) is 15.1 Å². The SMILES string of the molecule is CC1SCCN(Cc2ccc(C(=O)NN)s2)C1C. The van der Waals surface area contributed by atoms with Gasteiger partial charge in [0.15, 0.2) is 0 Å². The van der Waals surface area contributed by atoms with E-state index in [1.807, 2.05) is 23.9 Å². The van der Waals surface area contributed by atoms with Gasteiger partial charge in [-0.05, 0) is 19.1 Å². The Morgan fingerprint density at radius 1 is 1.56 bits per heavy atom. The van der Waals surface area contributed by atoms with Gasteiger partial charge in [-0.1, -0.05) is 6.92 Å². The van der Waals surface area contributed by atoms with Gasteiger partial charge >= 0.3 is 0 Å². The van der Waals surface area contributed by atoms with E-state index < -0.39 is 0 Å². The lowest BCUT2D eigenvalue weighted by molar-refractivity contribution is 0.0957. The highest BCUT2D eigenvalue weighted by molar-refractivity contribution is 8.00. The predicted octanol–water partition coefficient (Wildman–Crippen LogP) is 1.68. The van der Waals surface area contributed by atoms with Crippen LogP contribution in [0, 0.1) is 0 Å². The molecule has 100 valence electrons. The highest BCUT2D eigenvalue weighted by atomic mass is 32.2. The summed E-state index contributed by atoms with van der Waals surface area (Å²) in [5, 5.41) is 0.672. The Balaban J connectivity index is 2.00. The lowest BCUT2D eigenvalue weighted by Gasteiger charge is -2.37. The van der Waals surface area contributed by atoms with E-state index in [2.05, 4.69) is 24.2 Å². The number of nitrogens with two attached hydrogens (primary N) is 1. The summed E-state index contributed by atoms with van der Waals surface area (Å²) in [4.78, 5) is 15.8. The van der Waals surface area contributed by atoms with Gasteiger partial charge in [-0.2, -0.15) is 11.8 Å². The summed E-state index contributed by atoms with van der Waals surface area (Å²) in [7, 11) is 0. The molecule has 1 aliphatic heterocycles. The van der Waals surface area contributed by atoms with Crippen molar-refractivity contribution in [1.29, 1.82) is 0 Å². The average molecular weight is 285 g/mol. The van der Waals surface area contributed by atoms with Gasteiger partial charge in [0, 0.05) is 35.0 Å². The molecule has 18 heavy (non-hydrogen) atoms. The summed E-state index contributed by atoms with van der Waals surface area (Å²) in [5.41, 5.74) is 2.17. The number of carbonyl (C=O) groups excluding carboxylic acids is 1. The van der Waals surface area contributed by atoms with E-state index in [9.17, 15) is 4.79 Å². The molecule has 1 aromatic rings. The molecule has 2 atom stereocenters. The van der Waals surface area contributed by atoms with Crippen LogP contribution in [0.15, 0.2) is 12.1 Å². The minimum absolute atomic E-state index is 0.207. The number of rotatable bonds is 3. The Labute approximate surface area is 116 Å². The van der Waals surface area contributed by atoms with E-state index in [-0.39, 0.29) is 5.91 Å². The number of thiophene rings is 1. The van der Waals surface area contributed by atoms with Crippen LogP contribution < -0.4 is 11.3 Å². The van der Waals surface area contributed by atoms with E-state index in [0.29, 0.717) is 16.2 Å². The molecule has 1 amide bonds. The molecule has 2 heterocycles. The summed E-state index contributed by atoms with van der Waals surface area (Å²) < 4.78 is 0. The van der Waals surface area contributed by atoms with Crippen molar-refractivity contribution in [3.63, 3.8) is 0 Å². The number of carbonyl (C=O) groups is 1. The molecule has 2 rings (SSSR count). The first-order valence-electron chi connectivity index (χ1n) is 6.07. The van der Waals surface area contributed by atoms with Crippen LogP contribution in [0.25, 0.3) is 0 Å². The van der Waals surface area contributed by atoms with Gasteiger partial charge in [0.1, 0.15) is 0 Å². The maximum atomic E-state index is 11.4. The second-order valence-corrected chi connectivity index (χ2v) is 7.18. The smallest absolute Gasteiger partial charge is 0.275 e. The van der Waals surface area contributed by atoms with Gasteiger partial charge in [0.2, 0.25) is 0 Å². The molecule has 6 heteroatoms. The summed E-state index contributed by atoms with van der Waals surface area (Å²) in [5.74, 6) is 6.11. The lowest BCUT2D eigenvalue weighted by Crippen LogP contribution is -2.43. The molecule has 0 spiro atoms. The van der Waals surface area contributed by atoms with Crippen LogP contribution in [0.5, 0.6) is 0 Å². The van der Waals surface area contributed by atoms with Crippen molar-refractivity contribution >= 4 is 29.0 Å². The van der Waals surface area contributed by atoms with Gasteiger partial charge < -0.3 is 0 Å². The van der Waals surface area contributed by atoms with Crippen LogP contribution >= 0.6 is 23.1 Å². The van der Waals surface area contributed by atoms with E-state index >= 15 is 0 Å². The first-order chi connectivity index (χ1) is 8.61. The Morgan fingerprint density at radius 3 is 3.06 bits per heavy atom. The fraction of sp³-hybridized carbons (Fsp3) is 0.583. The Kier molecular flexibility index (Phi) is 4.66. The van der Waals surface area contributed by atoms with Gasteiger partial charge in [0.25, 0.3) is 5.91 Å². The number of hydrazine groups is 1. The molecular weight excluding hydrogens is 266 g/mol. The first-order valence-corrected chi connectivity index (χ1v) is 7.93. The zero-order chi connectivity index (χ0) is 13.1. The van der Waals surface area contributed by atoms with Crippen LogP contribution in [-0.2, 0) is 6.54 Å². The van der Waals surface area contributed by atoms with Crippen LogP contribution in [0.4, 0.5) is 0 Å². The number of nitrogens with one attached hydrogen (secondary N) is 1. The lowest BCUT2D eigenvalue weighted by atomic mass is 10.2. The normalized spacial score (nSPS) is 25.1. The van der Waals surface area contributed by atoms with Crippen molar-refractivity contribution in [3.8, 4) is 0 Å². The fourth-order valence-corrected chi connectivity index (χ4v) is 4.17. The van der Waals surface area contributed by atoms with Crippen molar-refractivity contribution in [2.45, 2.75) is 31.7 Å². The maximum absolute atomic E-state index is 11.4. The van der Waals surface area contributed by atoms with E-state index in [0.717, 1.165) is 13.1 Å². The molecular formula is C12H19N3OS2. The molecule has 2 unspecified atom stereocenters. The minimum atomic E-state index is -0.207. The first kappa shape index (κ1) is 13.9. The zero-order valence-electron chi connectivity index (χ0n) is 10.7. The average Bonchev–Trinajstić information content (AvgIpc) is 2.82. The molecule has 0 aliphatic carbocycles. The number of nitrogens with zero attached hydrogens (tertiary/aromatic N) is 1. The maximum Gasteiger partial charge on any atom is 0.275 e. The van der Waals surface area contributed by atoms with Gasteiger partial charge in [-0.25, -0.2) is 5.84 Å². The third-order valence-electron chi connectivity index (χ3n) is 3.39. The van der Waals surface area contributed by atoms with Gasteiger partial charge in [-0.15, -0.1) is 11.3 Å². The molecule has 1 fully saturated rings. The van der Waals surface area contributed by atoms with Crippen LogP contribution in [0.1, 0.15) is 28.4 Å². The van der Waals surface area contributed by atoms with Crippen molar-refractivity contribution in [3.05, 3.63) is 21.9 Å². The Morgan fingerprint density at radius 2 is 2.33 bits per heavy atom. The van der Waals surface area contributed by atoms with E-state index in [4.69, 9.17) is 5.84 Å². The molecule has 0 aromatic carbocycles. The van der Waals surface area contributed by atoms with Crippen molar-refractivity contribution in [2.75, 3.05) is 12.3 Å². The number of amides is 1. The Bertz CT molecular complexity index is 421. The number of hydrogen-bond donors (Lipinski definition) is 2. The quantitative estimate of drug-likeness (QED) is 0.504. The molecule has 0 saturated carbocycles. The molecule has 3 N–H and O–H groups in total. The Hall–Kier alpha value is -0.560. The topological polar surface area (TPSA) is 58.4 Å². The second kappa shape index (κ2) is 6.06. The number of nitrogen functional groups attached to an aromatic ring is 1. The molecule has 1 aliphatic rings. The van der Waals surface area contributed by atoms with Crippen molar-refractivity contribution in [1.82, 2.24) is 10.3 Å². The summed E-state index contributed by atoms with van der Waals surface area (Å²) in [6.07, 6.45) is 0. The summed E-state index contributed by atoms with van der Waals surface area (Å²) in [6.45, 7) is 6.60. The van der Waals surface area contributed by atoms with Crippen molar-refractivity contribution < 1.29 is 4.79 Å². The van der Waals surface area contributed by atoms with Crippen molar-refractivity contribution in [2.24, 2.45) is 5.84 Å². The van der Waals surface area contributed by atoms with Crippen LogP contribution in [0.2, 0.25) is 0 Å². The third-order valence-corrected chi connectivity index (χ3v) is 5.80. The molecule has 0 radical (unpaired) electrons. The standard InChI is InChI=1S/C12H19N3OS2/c1-8-9(2)17-6-5-15(8)7-10-3-4-11(18-10)12(16)14-13/h3-4,8-9H,5-7,13H2,1-2H3,(H,14,16). The molecule has 1 aromatic heterocycles. The third kappa shape index (κ3) is 3.06. The molecule has 0 bridgehead atoms. The summed E-state index contributed by atoms with van der Waals surface area (Å²) >= 11 is 3.56. The van der Waals surface area contributed by atoms with Crippen LogP contribution in [0.3, 0.4) is 0 Å². The largest absolute Gasteiger partial charge is 0.294 e. The monoisotopic (exact) mass is 285 g/mol. The molecule has 1 saturated heterocycles.